The summed E-state index contributed by atoms with van der Waals surface area (Å²) in [4.78, 5) is 12.5. The summed E-state index contributed by atoms with van der Waals surface area (Å²) in [5.41, 5.74) is 1.98. The molecule has 7 heteroatoms. The summed E-state index contributed by atoms with van der Waals surface area (Å²) >= 11 is 3.40. The summed E-state index contributed by atoms with van der Waals surface area (Å²) in [5.74, 6) is -0.0301. The van der Waals surface area contributed by atoms with Gasteiger partial charge in [-0.25, -0.2) is 13.1 Å². The maximum absolute atomic E-state index is 12.2. The van der Waals surface area contributed by atoms with Crippen molar-refractivity contribution in [2.75, 3.05) is 0 Å². The summed E-state index contributed by atoms with van der Waals surface area (Å²) in [6.07, 6.45) is 2.73. The van der Waals surface area contributed by atoms with Crippen molar-refractivity contribution < 1.29 is 13.2 Å². The van der Waals surface area contributed by atoms with Crippen LogP contribution in [0, 0.1) is 0 Å². The van der Waals surface area contributed by atoms with Gasteiger partial charge in [-0.2, -0.15) is 0 Å². The van der Waals surface area contributed by atoms with Gasteiger partial charge < -0.3 is 5.32 Å². The Balaban J connectivity index is 1.50. The van der Waals surface area contributed by atoms with Gasteiger partial charge >= 0.3 is 0 Å². The second-order valence-corrected chi connectivity index (χ2v) is 9.51. The fraction of sp³-hybridized carbons (Fsp3) is 0.350. The molecule has 0 aliphatic heterocycles. The number of hydrogen-bond donors (Lipinski definition) is 2. The van der Waals surface area contributed by atoms with Crippen LogP contribution in [0.1, 0.15) is 43.4 Å². The first kappa shape index (κ1) is 20.0. The molecule has 3 rings (SSSR count). The summed E-state index contributed by atoms with van der Waals surface area (Å²) in [6, 6.07) is 14.6. The highest BCUT2D eigenvalue weighted by Gasteiger charge is 2.27. The molecule has 0 bridgehead atoms. The molecule has 1 saturated carbocycles. The van der Waals surface area contributed by atoms with Crippen LogP contribution in [0.2, 0.25) is 0 Å². The Morgan fingerprint density at radius 2 is 1.74 bits per heavy atom. The highest BCUT2D eigenvalue weighted by atomic mass is 79.9. The maximum Gasteiger partial charge on any atom is 0.240 e. The molecule has 1 atom stereocenters. The number of nitrogens with one attached hydrogen (secondary N) is 2. The molecule has 144 valence electrons. The second-order valence-electron chi connectivity index (χ2n) is 6.88. The molecule has 27 heavy (non-hydrogen) atoms. The lowest BCUT2D eigenvalue weighted by molar-refractivity contribution is -0.121. The molecule has 1 aliphatic carbocycles. The molecule has 0 aromatic heterocycles. The first-order chi connectivity index (χ1) is 12.8. The van der Waals surface area contributed by atoms with Crippen molar-refractivity contribution in [1.82, 2.24) is 10.0 Å². The molecule has 1 aliphatic rings. The molecule has 1 amide bonds. The molecule has 2 aromatic rings. The minimum atomic E-state index is -3.43. The average Bonchev–Trinajstić information content (AvgIpc) is 3.44. The standard InChI is InChI=1S/C20H23BrN2O3S/c1-14(16-5-7-17(21)8-6-16)22-20(24)13-4-15-2-11-19(12-3-15)27(25,26)23-18-9-10-18/h2-3,5-8,11-12,14,18,23H,4,9-10,13H2,1H3,(H,22,24)/t14-/m1/s1. The average molecular weight is 451 g/mol. The molecule has 0 radical (unpaired) electrons. The monoisotopic (exact) mass is 450 g/mol. The Morgan fingerprint density at radius 3 is 2.33 bits per heavy atom. The van der Waals surface area contributed by atoms with E-state index in [1.54, 1.807) is 24.3 Å². The number of rotatable bonds is 8. The highest BCUT2D eigenvalue weighted by molar-refractivity contribution is 9.10. The Morgan fingerprint density at radius 1 is 1.11 bits per heavy atom. The van der Waals surface area contributed by atoms with E-state index < -0.39 is 10.0 Å². The van der Waals surface area contributed by atoms with E-state index in [4.69, 9.17) is 0 Å². The Hall–Kier alpha value is -1.70. The van der Waals surface area contributed by atoms with Crippen molar-refractivity contribution in [3.8, 4) is 0 Å². The third-order valence-electron chi connectivity index (χ3n) is 4.52. The third-order valence-corrected chi connectivity index (χ3v) is 6.59. The van der Waals surface area contributed by atoms with Gasteiger partial charge in [0.05, 0.1) is 10.9 Å². The zero-order valence-corrected chi connectivity index (χ0v) is 17.5. The second kappa shape index (κ2) is 8.54. The Labute approximate surface area is 168 Å². The van der Waals surface area contributed by atoms with Gasteiger partial charge in [-0.3, -0.25) is 4.79 Å². The number of sulfonamides is 1. The van der Waals surface area contributed by atoms with Crippen molar-refractivity contribution in [2.45, 2.75) is 49.6 Å². The first-order valence-corrected chi connectivity index (χ1v) is 11.3. The van der Waals surface area contributed by atoms with Crippen LogP contribution in [0.3, 0.4) is 0 Å². The molecule has 0 saturated heterocycles. The van der Waals surface area contributed by atoms with Gasteiger partial charge in [0.15, 0.2) is 0 Å². The summed E-state index contributed by atoms with van der Waals surface area (Å²) in [5, 5.41) is 2.99. The summed E-state index contributed by atoms with van der Waals surface area (Å²) in [6.45, 7) is 1.95. The van der Waals surface area contributed by atoms with Crippen LogP contribution in [-0.4, -0.2) is 20.4 Å². The van der Waals surface area contributed by atoms with E-state index in [9.17, 15) is 13.2 Å². The quantitative estimate of drug-likeness (QED) is 0.643. The molecule has 5 nitrogen and oxygen atoms in total. The molecule has 2 N–H and O–H groups in total. The van der Waals surface area contributed by atoms with Crippen molar-refractivity contribution in [2.24, 2.45) is 0 Å². The lowest BCUT2D eigenvalue weighted by Crippen LogP contribution is -2.27. The summed E-state index contributed by atoms with van der Waals surface area (Å²) < 4.78 is 28.0. The first-order valence-electron chi connectivity index (χ1n) is 8.99. The van der Waals surface area contributed by atoms with Crippen molar-refractivity contribution in [1.29, 1.82) is 0 Å². The molecular weight excluding hydrogens is 428 g/mol. The number of benzene rings is 2. The largest absolute Gasteiger partial charge is 0.350 e. The van der Waals surface area contributed by atoms with Crippen LogP contribution in [-0.2, 0) is 21.2 Å². The maximum atomic E-state index is 12.2. The number of hydrogen-bond acceptors (Lipinski definition) is 3. The molecule has 2 aromatic carbocycles. The van der Waals surface area contributed by atoms with E-state index >= 15 is 0 Å². The van der Waals surface area contributed by atoms with E-state index in [2.05, 4.69) is 26.0 Å². The normalized spacial score (nSPS) is 15.3. The van der Waals surface area contributed by atoms with Gasteiger partial charge in [-0.15, -0.1) is 0 Å². The fourth-order valence-electron chi connectivity index (χ4n) is 2.73. The number of aryl methyl sites for hydroxylation is 1. The number of carbonyl (C=O) groups is 1. The van der Waals surface area contributed by atoms with Gasteiger partial charge in [-0.1, -0.05) is 40.2 Å². The number of carbonyl (C=O) groups excluding carboxylic acids is 1. The smallest absolute Gasteiger partial charge is 0.240 e. The topological polar surface area (TPSA) is 75.3 Å². The summed E-state index contributed by atoms with van der Waals surface area (Å²) in [7, 11) is -3.43. The van der Waals surface area contributed by atoms with Gasteiger partial charge in [0, 0.05) is 16.9 Å². The minimum Gasteiger partial charge on any atom is -0.350 e. The molecule has 0 unspecified atom stereocenters. The van der Waals surface area contributed by atoms with Crippen LogP contribution >= 0.6 is 15.9 Å². The number of amides is 1. The lowest BCUT2D eigenvalue weighted by Gasteiger charge is -2.14. The third kappa shape index (κ3) is 5.89. The fourth-order valence-corrected chi connectivity index (χ4v) is 4.30. The SMILES string of the molecule is C[C@@H](NC(=O)CCc1ccc(S(=O)(=O)NC2CC2)cc1)c1ccc(Br)cc1. The van der Waals surface area contributed by atoms with Crippen LogP contribution in [0.4, 0.5) is 0 Å². The lowest BCUT2D eigenvalue weighted by atomic mass is 10.1. The van der Waals surface area contributed by atoms with E-state index in [0.29, 0.717) is 12.8 Å². The highest BCUT2D eigenvalue weighted by Crippen LogP contribution is 2.22. The van der Waals surface area contributed by atoms with E-state index in [0.717, 1.165) is 28.4 Å². The minimum absolute atomic E-state index is 0.0301. The Kier molecular flexibility index (Phi) is 6.34. The van der Waals surface area contributed by atoms with Crippen LogP contribution in [0.5, 0.6) is 0 Å². The zero-order chi connectivity index (χ0) is 19.4. The van der Waals surface area contributed by atoms with Crippen molar-refractivity contribution in [3.05, 3.63) is 64.1 Å². The predicted octanol–water partition coefficient (Wildman–Crippen LogP) is 3.70. The predicted molar refractivity (Wildman–Crippen MR) is 109 cm³/mol. The van der Waals surface area contributed by atoms with Gasteiger partial charge in [0.25, 0.3) is 0 Å². The Bertz CT molecular complexity index is 892. The van der Waals surface area contributed by atoms with Crippen LogP contribution < -0.4 is 10.0 Å². The van der Waals surface area contributed by atoms with Crippen molar-refractivity contribution in [3.63, 3.8) is 0 Å². The van der Waals surface area contributed by atoms with Gasteiger partial charge in [0.1, 0.15) is 0 Å². The number of halogens is 1. The van der Waals surface area contributed by atoms with E-state index in [1.165, 1.54) is 0 Å². The molecule has 0 heterocycles. The van der Waals surface area contributed by atoms with Crippen LogP contribution in [0.25, 0.3) is 0 Å². The van der Waals surface area contributed by atoms with E-state index in [1.807, 2.05) is 31.2 Å². The van der Waals surface area contributed by atoms with E-state index in [-0.39, 0.29) is 22.9 Å². The molecule has 1 fully saturated rings. The van der Waals surface area contributed by atoms with Crippen molar-refractivity contribution >= 4 is 31.9 Å². The molecule has 0 spiro atoms. The van der Waals surface area contributed by atoms with Crippen LogP contribution in [0.15, 0.2) is 57.9 Å². The van der Waals surface area contributed by atoms with Gasteiger partial charge in [0.2, 0.25) is 15.9 Å². The van der Waals surface area contributed by atoms with Gasteiger partial charge in [-0.05, 0) is 61.6 Å². The zero-order valence-electron chi connectivity index (χ0n) is 15.1. The molecular formula is C20H23BrN2O3S.